The molecule has 128 valence electrons. The predicted octanol–water partition coefficient (Wildman–Crippen LogP) is 4.04. The molecule has 0 aliphatic rings. The number of nitrogens with zero attached hydrogens (tertiary/aromatic N) is 2. The Kier molecular flexibility index (Phi) is 4.11. The molecule has 4 rings (SSSR count). The summed E-state index contributed by atoms with van der Waals surface area (Å²) in [6.45, 7) is 0. The molecule has 1 amide bonds. The number of fused-ring (bicyclic) bond motifs is 1. The molecule has 0 fully saturated rings. The molecule has 0 saturated carbocycles. The summed E-state index contributed by atoms with van der Waals surface area (Å²) >= 11 is 0. The molecule has 1 N–H and O–H groups in total. The minimum absolute atomic E-state index is 0.173. The highest BCUT2D eigenvalue weighted by molar-refractivity contribution is 5.93. The maximum absolute atomic E-state index is 11.6. The number of furan rings is 1. The first kappa shape index (κ1) is 15.9. The summed E-state index contributed by atoms with van der Waals surface area (Å²) < 4.78 is 7.75. The van der Waals surface area contributed by atoms with E-state index in [1.807, 2.05) is 66.9 Å². The monoisotopic (exact) mass is 343 g/mol. The van der Waals surface area contributed by atoms with Crippen LogP contribution in [0.3, 0.4) is 0 Å². The lowest BCUT2D eigenvalue weighted by molar-refractivity contribution is -0.115. The zero-order valence-corrected chi connectivity index (χ0v) is 14.2. The summed E-state index contributed by atoms with van der Waals surface area (Å²) in [5.41, 5.74) is 3.23. The van der Waals surface area contributed by atoms with Crippen LogP contribution in [0.15, 0.2) is 77.4 Å². The first-order valence-electron chi connectivity index (χ1n) is 8.28. The van der Waals surface area contributed by atoms with E-state index in [-0.39, 0.29) is 5.91 Å². The molecule has 5 nitrogen and oxygen atoms in total. The lowest BCUT2D eigenvalue weighted by atomic mass is 10.2. The minimum Gasteiger partial charge on any atom is -0.454 e. The Labute approximate surface area is 150 Å². The summed E-state index contributed by atoms with van der Waals surface area (Å²) in [4.78, 5) is 11.6. The van der Waals surface area contributed by atoms with Crippen LogP contribution in [0.4, 0.5) is 0 Å². The van der Waals surface area contributed by atoms with Crippen LogP contribution >= 0.6 is 0 Å². The standard InChI is InChI=1S/C21H17N3O2/c1-22-20(25)12-11-16-14-24(17-8-3-2-4-9-17)23-21(16)19-13-15-7-5-6-10-18(15)26-19/h2-14H,1H3,(H,22,25). The molecular weight excluding hydrogens is 326 g/mol. The second kappa shape index (κ2) is 6.72. The van der Waals surface area contributed by atoms with Gasteiger partial charge < -0.3 is 9.73 Å². The van der Waals surface area contributed by atoms with Crippen molar-refractivity contribution in [2.45, 2.75) is 0 Å². The molecule has 0 bridgehead atoms. The Morgan fingerprint density at radius 1 is 1.12 bits per heavy atom. The topological polar surface area (TPSA) is 60.1 Å². The van der Waals surface area contributed by atoms with E-state index >= 15 is 0 Å². The van der Waals surface area contributed by atoms with Crippen molar-refractivity contribution < 1.29 is 9.21 Å². The number of hydrogen-bond acceptors (Lipinski definition) is 3. The van der Waals surface area contributed by atoms with Gasteiger partial charge in [-0.1, -0.05) is 36.4 Å². The van der Waals surface area contributed by atoms with Crippen molar-refractivity contribution in [3.63, 3.8) is 0 Å². The molecule has 0 atom stereocenters. The zero-order chi connectivity index (χ0) is 17.9. The lowest BCUT2D eigenvalue weighted by Gasteiger charge is -1.98. The average Bonchev–Trinajstić information content (AvgIpc) is 3.30. The summed E-state index contributed by atoms with van der Waals surface area (Å²) in [5, 5.41) is 8.28. The highest BCUT2D eigenvalue weighted by atomic mass is 16.3. The van der Waals surface area contributed by atoms with E-state index in [9.17, 15) is 4.79 Å². The molecule has 0 saturated heterocycles. The second-order valence-electron chi connectivity index (χ2n) is 5.81. The first-order valence-corrected chi connectivity index (χ1v) is 8.28. The van der Waals surface area contributed by atoms with Gasteiger partial charge in [0.2, 0.25) is 5.91 Å². The minimum atomic E-state index is -0.173. The van der Waals surface area contributed by atoms with Crippen molar-refractivity contribution in [3.8, 4) is 17.1 Å². The molecule has 5 heteroatoms. The largest absolute Gasteiger partial charge is 0.454 e. The number of carbonyl (C=O) groups is 1. The Morgan fingerprint density at radius 2 is 1.88 bits per heavy atom. The maximum Gasteiger partial charge on any atom is 0.243 e. The summed E-state index contributed by atoms with van der Waals surface area (Å²) in [7, 11) is 1.60. The summed E-state index contributed by atoms with van der Waals surface area (Å²) in [5.74, 6) is 0.491. The van der Waals surface area contributed by atoms with Crippen LogP contribution < -0.4 is 5.32 Å². The number of nitrogens with one attached hydrogen (secondary N) is 1. The molecule has 0 aliphatic heterocycles. The fourth-order valence-corrected chi connectivity index (χ4v) is 2.76. The van der Waals surface area contributed by atoms with Gasteiger partial charge in [-0.2, -0.15) is 5.10 Å². The van der Waals surface area contributed by atoms with Gasteiger partial charge in [-0.3, -0.25) is 4.79 Å². The van der Waals surface area contributed by atoms with E-state index in [1.54, 1.807) is 17.8 Å². The van der Waals surface area contributed by atoms with Crippen molar-refractivity contribution in [2.75, 3.05) is 7.05 Å². The SMILES string of the molecule is CNC(=O)C=Cc1cn(-c2ccccc2)nc1-c1cc2ccccc2o1. The van der Waals surface area contributed by atoms with E-state index in [1.165, 1.54) is 6.08 Å². The molecule has 0 radical (unpaired) electrons. The third-order valence-corrected chi connectivity index (χ3v) is 4.08. The van der Waals surface area contributed by atoms with E-state index in [4.69, 9.17) is 4.42 Å². The molecular formula is C21H17N3O2. The Bertz CT molecular complexity index is 1060. The average molecular weight is 343 g/mol. The van der Waals surface area contributed by atoms with Gasteiger partial charge in [0.05, 0.1) is 5.69 Å². The van der Waals surface area contributed by atoms with E-state index in [0.717, 1.165) is 22.2 Å². The van der Waals surface area contributed by atoms with Crippen molar-refractivity contribution in [1.29, 1.82) is 0 Å². The molecule has 2 aromatic carbocycles. The summed E-state index contributed by atoms with van der Waals surface area (Å²) in [6, 6.07) is 19.6. The molecule has 2 heterocycles. The highest BCUT2D eigenvalue weighted by Crippen LogP contribution is 2.30. The highest BCUT2D eigenvalue weighted by Gasteiger charge is 2.15. The number of aromatic nitrogens is 2. The molecule has 26 heavy (non-hydrogen) atoms. The first-order chi connectivity index (χ1) is 12.7. The number of carbonyl (C=O) groups excluding carboxylic acids is 1. The second-order valence-corrected chi connectivity index (χ2v) is 5.81. The fourth-order valence-electron chi connectivity index (χ4n) is 2.76. The van der Waals surface area contributed by atoms with Crippen molar-refractivity contribution in [3.05, 3.63) is 78.5 Å². The van der Waals surface area contributed by atoms with Crippen LogP contribution in [0.1, 0.15) is 5.56 Å². The van der Waals surface area contributed by atoms with Gasteiger partial charge in [0.25, 0.3) is 0 Å². The Hall–Kier alpha value is -3.60. The number of rotatable bonds is 4. The fraction of sp³-hybridized carbons (Fsp3) is 0.0476. The van der Waals surface area contributed by atoms with Crippen LogP contribution in [0.25, 0.3) is 34.2 Å². The van der Waals surface area contributed by atoms with Crippen molar-refractivity contribution in [1.82, 2.24) is 15.1 Å². The van der Waals surface area contributed by atoms with Crippen LogP contribution in [0, 0.1) is 0 Å². The quantitative estimate of drug-likeness (QED) is 0.569. The Morgan fingerprint density at radius 3 is 2.65 bits per heavy atom. The van der Waals surface area contributed by atoms with Gasteiger partial charge >= 0.3 is 0 Å². The van der Waals surface area contributed by atoms with E-state index in [0.29, 0.717) is 11.5 Å². The molecule has 2 aromatic heterocycles. The molecule has 0 unspecified atom stereocenters. The molecule has 0 aliphatic carbocycles. The normalized spacial score (nSPS) is 11.3. The van der Waals surface area contributed by atoms with E-state index in [2.05, 4.69) is 10.4 Å². The van der Waals surface area contributed by atoms with Crippen LogP contribution in [-0.2, 0) is 4.79 Å². The van der Waals surface area contributed by atoms with Crippen molar-refractivity contribution in [2.24, 2.45) is 0 Å². The lowest BCUT2D eigenvalue weighted by Crippen LogP contribution is -2.13. The van der Waals surface area contributed by atoms with Gasteiger partial charge in [-0.25, -0.2) is 4.68 Å². The third-order valence-electron chi connectivity index (χ3n) is 4.08. The Balaban J connectivity index is 1.84. The summed E-state index contributed by atoms with van der Waals surface area (Å²) in [6.07, 6.45) is 5.11. The van der Waals surface area contributed by atoms with Gasteiger partial charge in [0.15, 0.2) is 5.76 Å². The van der Waals surface area contributed by atoms with Crippen LogP contribution in [-0.4, -0.2) is 22.7 Å². The third kappa shape index (κ3) is 3.02. The number of hydrogen-bond donors (Lipinski definition) is 1. The smallest absolute Gasteiger partial charge is 0.243 e. The zero-order valence-electron chi connectivity index (χ0n) is 14.2. The van der Waals surface area contributed by atoms with Crippen LogP contribution in [0.2, 0.25) is 0 Å². The number of para-hydroxylation sites is 2. The number of benzene rings is 2. The number of amides is 1. The molecule has 0 spiro atoms. The van der Waals surface area contributed by atoms with Gasteiger partial charge in [0.1, 0.15) is 11.3 Å². The van der Waals surface area contributed by atoms with Gasteiger partial charge in [0, 0.05) is 30.3 Å². The predicted molar refractivity (Wildman–Crippen MR) is 102 cm³/mol. The van der Waals surface area contributed by atoms with Gasteiger partial charge in [-0.05, 0) is 30.3 Å². The maximum atomic E-state index is 11.6. The van der Waals surface area contributed by atoms with Crippen LogP contribution in [0.5, 0.6) is 0 Å². The van der Waals surface area contributed by atoms with E-state index < -0.39 is 0 Å². The number of likely N-dealkylation sites (N-methyl/N-ethyl adjacent to an activating group) is 1. The van der Waals surface area contributed by atoms with Crippen molar-refractivity contribution >= 4 is 23.0 Å². The molecule has 4 aromatic rings. The van der Waals surface area contributed by atoms with Gasteiger partial charge in [-0.15, -0.1) is 0 Å².